The van der Waals surface area contributed by atoms with Gasteiger partial charge in [-0.1, -0.05) is 89.9 Å². The van der Waals surface area contributed by atoms with E-state index in [-0.39, 0.29) is 41.8 Å². The fraction of sp³-hybridized carbons (Fsp3) is 0.519. The van der Waals surface area contributed by atoms with E-state index in [0.717, 1.165) is 71.4 Å². The number of amides is 4. The van der Waals surface area contributed by atoms with Crippen LogP contribution in [0.5, 0.6) is 0 Å². The predicted octanol–water partition coefficient (Wildman–Crippen LogP) is 10.3. The number of allylic oxidation sites excluding steroid dienone is 1. The predicted molar refractivity (Wildman–Crippen MR) is 261 cm³/mol. The van der Waals surface area contributed by atoms with Crippen molar-refractivity contribution >= 4 is 46.3 Å². The van der Waals surface area contributed by atoms with Gasteiger partial charge in [-0.3, -0.25) is 14.6 Å². The second kappa shape index (κ2) is 19.0. The second-order valence-corrected chi connectivity index (χ2v) is 20.1. The molecule has 3 aliphatic heterocycles. The number of aliphatic imine (C=N–C) groups is 1. The van der Waals surface area contributed by atoms with Crippen LogP contribution >= 0.6 is 0 Å². The number of hydrogen-bond donors (Lipinski definition) is 3. The average molecular weight is 910 g/mol. The minimum atomic E-state index is -0.701. The summed E-state index contributed by atoms with van der Waals surface area (Å²) in [5.41, 5.74) is 13.0. The third kappa shape index (κ3) is 8.63. The van der Waals surface area contributed by atoms with Gasteiger partial charge in [-0.2, -0.15) is 0 Å². The monoisotopic (exact) mass is 910 g/mol. The van der Waals surface area contributed by atoms with Gasteiger partial charge in [0.25, 0.3) is 0 Å². The van der Waals surface area contributed by atoms with Crippen molar-refractivity contribution in [2.75, 3.05) is 20.8 Å². The first-order valence-corrected chi connectivity index (χ1v) is 24.7. The Labute approximate surface area is 394 Å². The van der Waals surface area contributed by atoms with E-state index in [4.69, 9.17) is 19.5 Å². The Hall–Kier alpha value is -5.98. The third-order valence-corrected chi connectivity index (χ3v) is 15.9. The number of alkyl carbamates (subject to hydrolysis) is 2. The minimum absolute atomic E-state index is 0.00409. The fourth-order valence-electron chi connectivity index (χ4n) is 11.9. The van der Waals surface area contributed by atoms with Gasteiger partial charge in [-0.25, -0.2) is 14.6 Å². The molecule has 1 aromatic heterocycles. The highest BCUT2D eigenvalue weighted by atomic mass is 16.5. The lowest BCUT2D eigenvalue weighted by Gasteiger charge is -2.32. The van der Waals surface area contributed by atoms with Gasteiger partial charge >= 0.3 is 12.2 Å². The SMILES string of the molecule is CCC(C)[C@H](NC(=O)OC)C(=O)N1C[C@@H](CC)C[C@H]1C1=NC=C(c2ccc(-c3ccc(-c4ccc5nc([C@@H]6CC[C@H](C)N6C(=O)[C@@H](NC(=O)OC)C(C)C)[nH]c5c4)c4c3C3CCC4C3)cc2)C1. The van der Waals surface area contributed by atoms with Crippen LogP contribution in [0.25, 0.3) is 38.9 Å². The Kier molecular flexibility index (Phi) is 13.1. The molecule has 2 saturated heterocycles. The number of imidazole rings is 1. The molecule has 0 radical (unpaired) electrons. The molecule has 4 aromatic rings. The quantitative estimate of drug-likeness (QED) is 0.120. The Bertz CT molecular complexity index is 2620. The molecule has 3 unspecified atom stereocenters. The third-order valence-electron chi connectivity index (χ3n) is 15.9. The maximum Gasteiger partial charge on any atom is 0.407 e. The molecule has 2 aliphatic carbocycles. The van der Waals surface area contributed by atoms with Crippen LogP contribution in [0.4, 0.5) is 9.59 Å². The second-order valence-electron chi connectivity index (χ2n) is 20.1. The van der Waals surface area contributed by atoms with Crippen LogP contribution in [0, 0.1) is 17.8 Å². The molecule has 5 aliphatic rings. The maximum absolute atomic E-state index is 14.1. The molecule has 4 amide bonds. The molecule has 3 aromatic carbocycles. The maximum atomic E-state index is 14.1. The van der Waals surface area contributed by atoms with Gasteiger partial charge in [-0.15, -0.1) is 0 Å². The highest BCUT2D eigenvalue weighted by molar-refractivity contribution is 6.04. The summed E-state index contributed by atoms with van der Waals surface area (Å²) < 4.78 is 9.75. The molecule has 13 heteroatoms. The first kappa shape index (κ1) is 46.1. The van der Waals surface area contributed by atoms with Crippen LogP contribution < -0.4 is 10.6 Å². The number of rotatable bonds is 13. The van der Waals surface area contributed by atoms with Crippen LogP contribution in [-0.2, 0) is 19.1 Å². The number of H-pyrrole nitrogens is 1. The summed E-state index contributed by atoms with van der Waals surface area (Å²) in [4.78, 5) is 70.1. The van der Waals surface area contributed by atoms with Gasteiger partial charge in [-0.05, 0) is 132 Å². The summed E-state index contributed by atoms with van der Waals surface area (Å²) in [5.74, 6) is 1.87. The van der Waals surface area contributed by atoms with E-state index in [9.17, 15) is 19.2 Å². The molecule has 0 spiro atoms. The van der Waals surface area contributed by atoms with Crippen molar-refractivity contribution in [1.29, 1.82) is 0 Å². The molecule has 2 bridgehead atoms. The van der Waals surface area contributed by atoms with Crippen LogP contribution in [0.3, 0.4) is 0 Å². The molecule has 1 saturated carbocycles. The summed E-state index contributed by atoms with van der Waals surface area (Å²) in [6.45, 7) is 12.8. The Morgan fingerprint density at radius 1 is 0.776 bits per heavy atom. The van der Waals surface area contributed by atoms with Crippen LogP contribution in [0.1, 0.15) is 140 Å². The number of methoxy groups -OCH3 is 2. The lowest BCUT2D eigenvalue weighted by molar-refractivity contribution is -0.137. The molecule has 4 heterocycles. The van der Waals surface area contributed by atoms with Gasteiger partial charge in [0.15, 0.2) is 0 Å². The van der Waals surface area contributed by atoms with Crippen LogP contribution in [0.2, 0.25) is 0 Å². The average Bonchev–Trinajstić information content (AvgIpc) is 4.22. The Balaban J connectivity index is 0.934. The minimum Gasteiger partial charge on any atom is -0.453 e. The number of nitrogens with one attached hydrogen (secondary N) is 3. The number of carbonyl (C=O) groups excluding carboxylic acids is 4. The number of nitrogens with zero attached hydrogens (tertiary/aromatic N) is 4. The van der Waals surface area contributed by atoms with Crippen molar-refractivity contribution in [2.24, 2.45) is 22.7 Å². The summed E-state index contributed by atoms with van der Waals surface area (Å²) >= 11 is 0. The number of ether oxygens (including phenoxy) is 2. The number of aromatic amines is 1. The number of aromatic nitrogens is 2. The summed E-state index contributed by atoms with van der Waals surface area (Å²) in [5, 5.41) is 5.59. The van der Waals surface area contributed by atoms with Crippen LogP contribution in [-0.4, -0.2) is 94.4 Å². The summed E-state index contributed by atoms with van der Waals surface area (Å²) in [7, 11) is 2.64. The number of benzene rings is 3. The van der Waals surface area contributed by atoms with Gasteiger partial charge in [0.2, 0.25) is 11.8 Å². The number of hydrogen-bond acceptors (Lipinski definition) is 8. The van der Waals surface area contributed by atoms with Crippen molar-refractivity contribution in [3.05, 3.63) is 83.3 Å². The molecule has 3 N–H and O–H groups in total. The topological polar surface area (TPSA) is 158 Å². The lowest BCUT2D eigenvalue weighted by atomic mass is 9.81. The molecule has 13 nitrogen and oxygen atoms in total. The standard InChI is InChI=1S/C54H67N7O6/c1-9-30(5)49(59-54(65)67-8)51(62)60-28-32(10-2)23-45(60)43-26-38(27-55-43)33-12-14-34(15-13-33)39-19-20-40(47-37-17-16-36(24-37)46(39)47)35-18-21-41-42(25-35)57-50(56-41)44-22-11-31(6)61(44)52(63)48(29(3)4)58-53(64)66-7/h12-15,18-21,25,27,29-32,36-37,44-45,48-49H,9-11,16-17,22-24,26,28H2,1-8H3,(H,56,57)(H,58,64)(H,59,65)/t30?,31-,32-,36?,37?,44-,45-,48-,49-/m0/s1. The van der Waals surface area contributed by atoms with Crippen molar-refractivity contribution in [1.82, 2.24) is 30.4 Å². The molecule has 9 rings (SSSR count). The van der Waals surface area contributed by atoms with E-state index in [2.05, 4.69) is 84.1 Å². The zero-order valence-corrected chi connectivity index (χ0v) is 40.4. The fourth-order valence-corrected chi connectivity index (χ4v) is 11.9. The van der Waals surface area contributed by atoms with Crippen molar-refractivity contribution in [3.8, 4) is 22.3 Å². The molecule has 9 atom stereocenters. The molecular weight excluding hydrogens is 843 g/mol. The van der Waals surface area contributed by atoms with Gasteiger partial charge in [0, 0.05) is 30.9 Å². The van der Waals surface area contributed by atoms with E-state index in [1.54, 1.807) is 0 Å². The summed E-state index contributed by atoms with van der Waals surface area (Å²) in [6.07, 6.45) is 9.28. The van der Waals surface area contributed by atoms with E-state index in [1.165, 1.54) is 61.3 Å². The zero-order valence-electron chi connectivity index (χ0n) is 40.4. The summed E-state index contributed by atoms with van der Waals surface area (Å²) in [6, 6.07) is 18.4. The first-order valence-electron chi connectivity index (χ1n) is 24.7. The van der Waals surface area contributed by atoms with Gasteiger partial charge < -0.3 is 34.9 Å². The highest BCUT2D eigenvalue weighted by Crippen LogP contribution is 2.58. The van der Waals surface area contributed by atoms with Gasteiger partial charge in [0.1, 0.15) is 17.9 Å². The highest BCUT2D eigenvalue weighted by Gasteiger charge is 2.44. The van der Waals surface area contributed by atoms with E-state index in [1.807, 2.05) is 43.7 Å². The molecule has 3 fully saturated rings. The first-order chi connectivity index (χ1) is 32.3. The molecule has 354 valence electrons. The Morgan fingerprint density at radius 2 is 1.42 bits per heavy atom. The normalized spacial score (nSPS) is 24.4. The van der Waals surface area contributed by atoms with Gasteiger partial charge in [0.05, 0.1) is 37.3 Å². The largest absolute Gasteiger partial charge is 0.453 e. The van der Waals surface area contributed by atoms with E-state index < -0.39 is 24.3 Å². The number of fused-ring (bicyclic) bond motifs is 6. The van der Waals surface area contributed by atoms with Crippen molar-refractivity contribution < 1.29 is 28.7 Å². The van der Waals surface area contributed by atoms with Crippen molar-refractivity contribution in [3.63, 3.8) is 0 Å². The van der Waals surface area contributed by atoms with Crippen molar-refractivity contribution in [2.45, 2.75) is 141 Å². The molecule has 67 heavy (non-hydrogen) atoms. The number of carbonyl (C=O) groups is 4. The smallest absolute Gasteiger partial charge is 0.407 e. The lowest BCUT2D eigenvalue weighted by Crippen LogP contribution is -2.54. The zero-order chi connectivity index (χ0) is 47.3. The Morgan fingerprint density at radius 3 is 2.06 bits per heavy atom. The van der Waals surface area contributed by atoms with E-state index in [0.29, 0.717) is 30.7 Å². The van der Waals surface area contributed by atoms with Crippen LogP contribution in [0.15, 0.2) is 65.8 Å². The molecular formula is C54H67N7O6. The van der Waals surface area contributed by atoms with E-state index >= 15 is 0 Å². The number of likely N-dealkylation sites (tertiary alicyclic amines) is 2.